The van der Waals surface area contributed by atoms with Gasteiger partial charge in [0.05, 0.1) is 5.56 Å². The van der Waals surface area contributed by atoms with Crippen molar-refractivity contribution < 1.29 is 14.7 Å². The molecule has 1 fully saturated rings. The minimum atomic E-state index is -0.223. The molecule has 136 valence electrons. The van der Waals surface area contributed by atoms with E-state index >= 15 is 0 Å². The first-order chi connectivity index (χ1) is 12.6. The molecule has 0 saturated carbocycles. The fourth-order valence-electron chi connectivity index (χ4n) is 2.97. The van der Waals surface area contributed by atoms with Crippen LogP contribution < -0.4 is 10.6 Å². The number of amides is 3. The predicted octanol–water partition coefficient (Wildman–Crippen LogP) is 1.89. The van der Waals surface area contributed by atoms with Crippen molar-refractivity contribution in [2.45, 2.75) is 25.4 Å². The zero-order valence-electron chi connectivity index (χ0n) is 14.4. The Kier molecular flexibility index (Phi) is 5.68. The highest BCUT2D eigenvalue weighted by Crippen LogP contribution is 2.20. The van der Waals surface area contributed by atoms with Crippen LogP contribution >= 0.6 is 0 Å². The molecule has 1 aliphatic heterocycles. The molecule has 3 amide bonds. The molecule has 1 saturated heterocycles. The van der Waals surface area contributed by atoms with E-state index in [1.54, 1.807) is 35.5 Å². The van der Waals surface area contributed by atoms with Crippen LogP contribution in [0.3, 0.4) is 0 Å². The third-order valence-electron chi connectivity index (χ3n) is 4.43. The number of urea groups is 1. The van der Waals surface area contributed by atoms with E-state index < -0.39 is 0 Å². The molecule has 0 aliphatic carbocycles. The highest BCUT2D eigenvalue weighted by Gasteiger charge is 2.25. The standard InChI is InChI=1S/C19H22N4O3/c24-17-6-2-1-5-16(17)18(25)23-10-7-15(8-11-23)22-19(26)21-13-14-4-3-9-20-12-14/h1-6,9,12,15,24H,7-8,10-11,13H2,(H2,21,22,26). The van der Waals surface area contributed by atoms with Crippen molar-refractivity contribution >= 4 is 11.9 Å². The molecule has 0 unspecified atom stereocenters. The van der Waals surface area contributed by atoms with Crippen LogP contribution in [-0.2, 0) is 6.54 Å². The number of nitrogens with zero attached hydrogens (tertiary/aromatic N) is 2. The van der Waals surface area contributed by atoms with Crippen LogP contribution in [0.1, 0.15) is 28.8 Å². The Morgan fingerprint density at radius 1 is 1.15 bits per heavy atom. The first kappa shape index (κ1) is 17.7. The Hall–Kier alpha value is -3.09. The number of piperidine rings is 1. The molecule has 3 N–H and O–H groups in total. The molecular weight excluding hydrogens is 332 g/mol. The van der Waals surface area contributed by atoms with Gasteiger partial charge in [0, 0.05) is 38.1 Å². The average Bonchev–Trinajstić information content (AvgIpc) is 2.68. The molecule has 2 heterocycles. The van der Waals surface area contributed by atoms with Crippen LogP contribution in [0.15, 0.2) is 48.8 Å². The van der Waals surface area contributed by atoms with Crippen LogP contribution in [0, 0.1) is 0 Å². The monoisotopic (exact) mass is 354 g/mol. The summed E-state index contributed by atoms with van der Waals surface area (Å²) in [7, 11) is 0. The van der Waals surface area contributed by atoms with Gasteiger partial charge in [0.25, 0.3) is 5.91 Å². The summed E-state index contributed by atoms with van der Waals surface area (Å²) in [5.74, 6) is -0.185. The molecule has 7 nitrogen and oxygen atoms in total. The van der Waals surface area contributed by atoms with Gasteiger partial charge in [-0.2, -0.15) is 0 Å². The van der Waals surface area contributed by atoms with Gasteiger partial charge in [-0.3, -0.25) is 9.78 Å². The van der Waals surface area contributed by atoms with Crippen molar-refractivity contribution in [1.29, 1.82) is 0 Å². The lowest BCUT2D eigenvalue weighted by molar-refractivity contribution is 0.0705. The maximum Gasteiger partial charge on any atom is 0.315 e. The molecular formula is C19H22N4O3. The largest absolute Gasteiger partial charge is 0.507 e. The zero-order chi connectivity index (χ0) is 18.4. The quantitative estimate of drug-likeness (QED) is 0.781. The number of phenols is 1. The summed E-state index contributed by atoms with van der Waals surface area (Å²) in [4.78, 5) is 30.2. The first-order valence-corrected chi connectivity index (χ1v) is 8.64. The van der Waals surface area contributed by atoms with E-state index in [0.717, 1.165) is 5.56 Å². The smallest absolute Gasteiger partial charge is 0.315 e. The normalized spacial score (nSPS) is 14.7. The van der Waals surface area contributed by atoms with E-state index in [-0.39, 0.29) is 23.7 Å². The minimum Gasteiger partial charge on any atom is -0.507 e. The number of carbonyl (C=O) groups is 2. The fraction of sp³-hybridized carbons (Fsp3) is 0.316. The molecule has 0 radical (unpaired) electrons. The number of carbonyl (C=O) groups excluding carboxylic acids is 2. The third kappa shape index (κ3) is 4.50. The van der Waals surface area contributed by atoms with Gasteiger partial charge in [0.15, 0.2) is 0 Å². The Labute approximate surface area is 152 Å². The number of benzene rings is 1. The molecule has 26 heavy (non-hydrogen) atoms. The van der Waals surface area contributed by atoms with Crippen LogP contribution in [0.5, 0.6) is 5.75 Å². The van der Waals surface area contributed by atoms with Crippen molar-refractivity contribution in [2.75, 3.05) is 13.1 Å². The highest BCUT2D eigenvalue weighted by molar-refractivity contribution is 5.96. The van der Waals surface area contributed by atoms with Crippen LogP contribution in [0.2, 0.25) is 0 Å². The highest BCUT2D eigenvalue weighted by atomic mass is 16.3. The van der Waals surface area contributed by atoms with E-state index in [4.69, 9.17) is 0 Å². The molecule has 0 spiro atoms. The van der Waals surface area contributed by atoms with Gasteiger partial charge in [-0.25, -0.2) is 4.79 Å². The molecule has 2 aromatic rings. The summed E-state index contributed by atoms with van der Waals surface area (Å²) < 4.78 is 0. The second-order valence-corrected chi connectivity index (χ2v) is 6.27. The van der Waals surface area contributed by atoms with Gasteiger partial charge >= 0.3 is 6.03 Å². The van der Waals surface area contributed by atoms with Gasteiger partial charge in [-0.15, -0.1) is 0 Å². The van der Waals surface area contributed by atoms with E-state index in [9.17, 15) is 14.7 Å². The summed E-state index contributed by atoms with van der Waals surface area (Å²) in [5, 5.41) is 15.6. The zero-order valence-corrected chi connectivity index (χ0v) is 14.4. The van der Waals surface area contributed by atoms with Crippen molar-refractivity contribution in [2.24, 2.45) is 0 Å². The number of aromatic nitrogens is 1. The van der Waals surface area contributed by atoms with Crippen LogP contribution in [0.25, 0.3) is 0 Å². The molecule has 3 rings (SSSR count). The third-order valence-corrected chi connectivity index (χ3v) is 4.43. The number of pyridine rings is 1. The average molecular weight is 354 g/mol. The number of likely N-dealkylation sites (tertiary alicyclic amines) is 1. The molecule has 7 heteroatoms. The summed E-state index contributed by atoms with van der Waals surface area (Å²) in [5.41, 5.74) is 1.25. The number of rotatable bonds is 4. The van der Waals surface area contributed by atoms with Crippen molar-refractivity contribution in [3.05, 3.63) is 59.9 Å². The number of phenolic OH excluding ortho intramolecular Hbond substituents is 1. The molecule has 1 aliphatic rings. The molecule has 0 bridgehead atoms. The van der Waals surface area contributed by atoms with Gasteiger partial charge in [0.1, 0.15) is 5.75 Å². The summed E-state index contributed by atoms with van der Waals surface area (Å²) in [6.45, 7) is 1.51. The lowest BCUT2D eigenvalue weighted by atomic mass is 10.0. The lowest BCUT2D eigenvalue weighted by Crippen LogP contribution is -2.49. The van der Waals surface area contributed by atoms with Gasteiger partial charge in [0.2, 0.25) is 0 Å². The minimum absolute atomic E-state index is 0.00692. The Morgan fingerprint density at radius 2 is 1.92 bits per heavy atom. The van der Waals surface area contributed by atoms with Crippen molar-refractivity contribution in [1.82, 2.24) is 20.5 Å². The second-order valence-electron chi connectivity index (χ2n) is 6.27. The number of nitrogens with one attached hydrogen (secondary N) is 2. The summed E-state index contributed by atoms with van der Waals surface area (Å²) in [6.07, 6.45) is 4.76. The molecule has 1 aromatic carbocycles. The van der Waals surface area contributed by atoms with Crippen molar-refractivity contribution in [3.8, 4) is 5.75 Å². The van der Waals surface area contributed by atoms with Gasteiger partial charge in [-0.05, 0) is 36.6 Å². The number of hydrogen-bond acceptors (Lipinski definition) is 4. The maximum atomic E-state index is 12.5. The number of aromatic hydroxyl groups is 1. The summed E-state index contributed by atoms with van der Waals surface area (Å²) in [6, 6.07) is 10.1. The molecule has 0 atom stereocenters. The van der Waals surface area contributed by atoms with E-state index in [1.807, 2.05) is 12.1 Å². The van der Waals surface area contributed by atoms with Gasteiger partial charge in [-0.1, -0.05) is 18.2 Å². The lowest BCUT2D eigenvalue weighted by Gasteiger charge is -2.32. The van der Waals surface area contributed by atoms with E-state index in [1.165, 1.54) is 6.07 Å². The number of para-hydroxylation sites is 1. The number of hydrogen-bond donors (Lipinski definition) is 3. The van der Waals surface area contributed by atoms with E-state index in [0.29, 0.717) is 38.0 Å². The molecule has 1 aromatic heterocycles. The Bertz CT molecular complexity index is 758. The Morgan fingerprint density at radius 3 is 2.62 bits per heavy atom. The Balaban J connectivity index is 1.44. The second kappa shape index (κ2) is 8.33. The summed E-state index contributed by atoms with van der Waals surface area (Å²) >= 11 is 0. The first-order valence-electron chi connectivity index (χ1n) is 8.64. The van der Waals surface area contributed by atoms with Crippen LogP contribution in [0.4, 0.5) is 4.79 Å². The van der Waals surface area contributed by atoms with E-state index in [2.05, 4.69) is 15.6 Å². The van der Waals surface area contributed by atoms with Crippen molar-refractivity contribution in [3.63, 3.8) is 0 Å². The maximum absolute atomic E-state index is 12.5. The SMILES string of the molecule is O=C(NCc1cccnc1)NC1CCN(C(=O)c2ccccc2O)CC1. The van der Waals surface area contributed by atoms with Gasteiger partial charge < -0.3 is 20.6 Å². The topological polar surface area (TPSA) is 94.6 Å². The predicted molar refractivity (Wildman–Crippen MR) is 96.6 cm³/mol. The fourth-order valence-corrected chi connectivity index (χ4v) is 2.97. The van der Waals surface area contributed by atoms with Crippen LogP contribution in [-0.4, -0.2) is 46.1 Å².